The molecule has 0 bridgehead atoms. The number of aromatic amines is 1. The summed E-state index contributed by atoms with van der Waals surface area (Å²) in [5.41, 5.74) is 6.92. The average Bonchev–Trinajstić information content (AvgIpc) is 2.15. The minimum absolute atomic E-state index is 0.182. The molecule has 0 fully saturated rings. The maximum atomic E-state index is 11.2. The number of H-pyrrole nitrogens is 1. The van der Waals surface area contributed by atoms with Gasteiger partial charge in [0, 0.05) is 17.4 Å². The monoisotopic (exact) mass is 216 g/mol. The quantitative estimate of drug-likeness (QED) is 0.662. The van der Waals surface area contributed by atoms with Crippen LogP contribution in [0, 0.1) is 6.92 Å². The number of rotatable bonds is 2. The predicted molar refractivity (Wildman–Crippen MR) is 63.7 cm³/mol. The zero-order chi connectivity index (χ0) is 11.5. The molecule has 82 valence electrons. The third kappa shape index (κ3) is 2.38. The van der Waals surface area contributed by atoms with Crippen LogP contribution in [0.2, 0.25) is 0 Å². The van der Waals surface area contributed by atoms with Gasteiger partial charge in [0.15, 0.2) is 0 Å². The summed E-state index contributed by atoms with van der Waals surface area (Å²) < 4.78 is 0. The summed E-state index contributed by atoms with van der Waals surface area (Å²) in [4.78, 5) is 17.9. The zero-order valence-electron chi connectivity index (χ0n) is 8.82. The van der Waals surface area contributed by atoms with Crippen LogP contribution in [0.25, 0.3) is 0 Å². The van der Waals surface area contributed by atoms with Gasteiger partial charge in [0.05, 0.1) is 0 Å². The number of nitrogens with zero attached hydrogens (tertiary/aromatic N) is 1. The summed E-state index contributed by atoms with van der Waals surface area (Å²) in [6.45, 7) is 1.73. The van der Waals surface area contributed by atoms with Gasteiger partial charge in [-0.1, -0.05) is 6.07 Å². The van der Waals surface area contributed by atoms with Crippen molar-refractivity contribution in [2.45, 2.75) is 6.92 Å². The minimum atomic E-state index is -0.182. The minimum Gasteiger partial charge on any atom is -0.399 e. The highest BCUT2D eigenvalue weighted by atomic mass is 16.1. The number of nitrogens with two attached hydrogens (primary N) is 1. The standard InChI is InChI=1S/C11H12N4O/c1-7-13-10(6-11(16)14-7)15-9-4-2-3-8(12)5-9/h2-6H,12H2,1H3,(H2,13,14,15,16). The molecule has 0 spiro atoms. The van der Waals surface area contributed by atoms with Crippen molar-refractivity contribution in [1.29, 1.82) is 0 Å². The van der Waals surface area contributed by atoms with Gasteiger partial charge in [0.2, 0.25) is 0 Å². The second-order valence-corrected chi connectivity index (χ2v) is 3.47. The van der Waals surface area contributed by atoms with E-state index in [9.17, 15) is 4.79 Å². The average molecular weight is 216 g/mol. The molecule has 0 amide bonds. The molecule has 1 aromatic heterocycles. The first kappa shape index (κ1) is 10.2. The first-order valence-corrected chi connectivity index (χ1v) is 4.84. The van der Waals surface area contributed by atoms with Crippen LogP contribution in [0.5, 0.6) is 0 Å². The Morgan fingerprint density at radius 2 is 2.19 bits per heavy atom. The topological polar surface area (TPSA) is 83.8 Å². The lowest BCUT2D eigenvalue weighted by molar-refractivity contribution is 1.02. The first-order valence-electron chi connectivity index (χ1n) is 4.84. The lowest BCUT2D eigenvalue weighted by atomic mass is 10.3. The van der Waals surface area contributed by atoms with E-state index in [1.807, 2.05) is 12.1 Å². The Balaban J connectivity index is 2.30. The second kappa shape index (κ2) is 4.06. The number of hydrogen-bond donors (Lipinski definition) is 3. The molecule has 0 aliphatic carbocycles. The molecule has 2 rings (SSSR count). The van der Waals surface area contributed by atoms with Crippen LogP contribution in [0.15, 0.2) is 35.1 Å². The molecule has 0 aliphatic heterocycles. The van der Waals surface area contributed by atoms with Crippen molar-refractivity contribution in [2.24, 2.45) is 0 Å². The second-order valence-electron chi connectivity index (χ2n) is 3.47. The summed E-state index contributed by atoms with van der Waals surface area (Å²) in [6.07, 6.45) is 0. The van der Waals surface area contributed by atoms with E-state index < -0.39 is 0 Å². The van der Waals surface area contributed by atoms with Crippen LogP contribution in [-0.4, -0.2) is 9.97 Å². The van der Waals surface area contributed by atoms with Crippen LogP contribution in [0.1, 0.15) is 5.82 Å². The smallest absolute Gasteiger partial charge is 0.252 e. The normalized spacial score (nSPS) is 10.1. The van der Waals surface area contributed by atoms with Gasteiger partial charge in [0.1, 0.15) is 11.6 Å². The van der Waals surface area contributed by atoms with Crippen molar-refractivity contribution < 1.29 is 0 Å². The Morgan fingerprint density at radius 3 is 2.88 bits per heavy atom. The molecule has 0 saturated heterocycles. The van der Waals surface area contributed by atoms with Gasteiger partial charge in [-0.05, 0) is 25.1 Å². The number of nitrogens with one attached hydrogen (secondary N) is 2. The molecule has 1 heterocycles. The molecule has 1 aromatic carbocycles. The highest BCUT2D eigenvalue weighted by Gasteiger charge is 1.98. The zero-order valence-corrected chi connectivity index (χ0v) is 8.82. The maximum Gasteiger partial charge on any atom is 0.252 e. The van der Waals surface area contributed by atoms with Crippen molar-refractivity contribution in [1.82, 2.24) is 9.97 Å². The molecule has 0 unspecified atom stereocenters. The van der Waals surface area contributed by atoms with Gasteiger partial charge >= 0.3 is 0 Å². The van der Waals surface area contributed by atoms with E-state index in [4.69, 9.17) is 5.73 Å². The maximum absolute atomic E-state index is 11.2. The molecule has 5 nitrogen and oxygen atoms in total. The Labute approximate surface area is 92.3 Å². The van der Waals surface area contributed by atoms with Gasteiger partial charge in [-0.2, -0.15) is 0 Å². The fourth-order valence-corrected chi connectivity index (χ4v) is 1.41. The van der Waals surface area contributed by atoms with Crippen molar-refractivity contribution in [3.8, 4) is 0 Å². The van der Waals surface area contributed by atoms with Gasteiger partial charge in [0.25, 0.3) is 5.56 Å². The highest BCUT2D eigenvalue weighted by molar-refractivity contribution is 5.60. The van der Waals surface area contributed by atoms with Crippen molar-refractivity contribution in [3.05, 3.63) is 46.5 Å². The summed E-state index contributed by atoms with van der Waals surface area (Å²) in [6, 6.07) is 8.66. The number of benzene rings is 1. The van der Waals surface area contributed by atoms with E-state index in [-0.39, 0.29) is 5.56 Å². The molecule has 0 aliphatic rings. The molecule has 2 aromatic rings. The van der Waals surface area contributed by atoms with E-state index in [0.717, 1.165) is 5.69 Å². The molecule has 16 heavy (non-hydrogen) atoms. The molecular weight excluding hydrogens is 204 g/mol. The SMILES string of the molecule is Cc1nc(Nc2cccc(N)c2)cc(=O)[nH]1. The number of hydrogen-bond acceptors (Lipinski definition) is 4. The largest absolute Gasteiger partial charge is 0.399 e. The number of nitrogen functional groups attached to an aromatic ring is 1. The van der Waals surface area contributed by atoms with Gasteiger partial charge in [-0.3, -0.25) is 4.79 Å². The third-order valence-corrected chi connectivity index (χ3v) is 2.02. The van der Waals surface area contributed by atoms with Crippen molar-refractivity contribution >= 4 is 17.2 Å². The van der Waals surface area contributed by atoms with E-state index in [1.165, 1.54) is 6.07 Å². The molecule has 0 atom stereocenters. The summed E-state index contributed by atoms with van der Waals surface area (Å²) in [7, 11) is 0. The molecule has 0 saturated carbocycles. The van der Waals surface area contributed by atoms with Gasteiger partial charge < -0.3 is 16.0 Å². The van der Waals surface area contributed by atoms with E-state index >= 15 is 0 Å². The number of aromatic nitrogens is 2. The van der Waals surface area contributed by atoms with Crippen molar-refractivity contribution in [2.75, 3.05) is 11.1 Å². The summed E-state index contributed by atoms with van der Waals surface area (Å²) in [5.74, 6) is 1.07. The van der Waals surface area contributed by atoms with Crippen LogP contribution in [0.4, 0.5) is 17.2 Å². The van der Waals surface area contributed by atoms with E-state index in [0.29, 0.717) is 17.3 Å². The van der Waals surface area contributed by atoms with E-state index in [2.05, 4.69) is 15.3 Å². The third-order valence-electron chi connectivity index (χ3n) is 2.02. The molecular formula is C11H12N4O. The Morgan fingerprint density at radius 1 is 1.38 bits per heavy atom. The van der Waals surface area contributed by atoms with Gasteiger partial charge in [-0.15, -0.1) is 0 Å². The fraction of sp³-hybridized carbons (Fsp3) is 0.0909. The van der Waals surface area contributed by atoms with Crippen molar-refractivity contribution in [3.63, 3.8) is 0 Å². The van der Waals surface area contributed by atoms with E-state index in [1.54, 1.807) is 19.1 Å². The van der Waals surface area contributed by atoms with Crippen LogP contribution in [-0.2, 0) is 0 Å². The Hall–Kier alpha value is -2.30. The first-order chi connectivity index (χ1) is 7.63. The Bertz CT molecular complexity index is 562. The number of aryl methyl sites for hydroxylation is 1. The van der Waals surface area contributed by atoms with Crippen LogP contribution in [0.3, 0.4) is 0 Å². The lowest BCUT2D eigenvalue weighted by Gasteiger charge is -2.06. The molecule has 5 heteroatoms. The predicted octanol–water partition coefficient (Wildman–Crippen LogP) is 1.40. The van der Waals surface area contributed by atoms with Gasteiger partial charge in [-0.25, -0.2) is 4.98 Å². The number of anilines is 3. The fourth-order valence-electron chi connectivity index (χ4n) is 1.41. The molecule has 4 N–H and O–H groups in total. The van der Waals surface area contributed by atoms with Crippen LogP contribution < -0.4 is 16.6 Å². The molecule has 0 radical (unpaired) electrons. The van der Waals surface area contributed by atoms with Crippen LogP contribution >= 0.6 is 0 Å². The Kier molecular flexibility index (Phi) is 2.59. The lowest BCUT2D eigenvalue weighted by Crippen LogP contribution is -2.09. The summed E-state index contributed by atoms with van der Waals surface area (Å²) in [5, 5.41) is 3.02. The summed E-state index contributed by atoms with van der Waals surface area (Å²) >= 11 is 0. The highest BCUT2D eigenvalue weighted by Crippen LogP contribution is 2.15.